The molecule has 114 valence electrons. The summed E-state index contributed by atoms with van der Waals surface area (Å²) in [7, 11) is 0. The quantitative estimate of drug-likeness (QED) is 0.862. The molecule has 1 N–H and O–H groups in total. The highest BCUT2D eigenvalue weighted by atomic mass is 32.1. The summed E-state index contributed by atoms with van der Waals surface area (Å²) in [5.41, 5.74) is 2.26. The lowest BCUT2D eigenvalue weighted by Gasteiger charge is -2.21. The van der Waals surface area contributed by atoms with Gasteiger partial charge in [0.2, 0.25) is 0 Å². The Labute approximate surface area is 131 Å². The van der Waals surface area contributed by atoms with E-state index in [1.165, 1.54) is 5.56 Å². The second-order valence-corrected chi connectivity index (χ2v) is 6.71. The SMILES string of the molecule is Cc1csc(C(NC(C)C)c2cccc(OC(C)C)c2)n1. The van der Waals surface area contributed by atoms with Crippen molar-refractivity contribution in [2.24, 2.45) is 0 Å². The molecule has 0 saturated carbocycles. The van der Waals surface area contributed by atoms with Gasteiger partial charge in [-0.1, -0.05) is 12.1 Å². The molecule has 0 bridgehead atoms. The molecule has 0 aliphatic heterocycles. The molecule has 0 saturated heterocycles. The zero-order valence-electron chi connectivity index (χ0n) is 13.4. The lowest BCUT2D eigenvalue weighted by atomic mass is 10.1. The van der Waals surface area contributed by atoms with Gasteiger partial charge in [-0.3, -0.25) is 0 Å². The van der Waals surface area contributed by atoms with E-state index in [0.717, 1.165) is 16.5 Å². The molecule has 1 atom stereocenters. The molecule has 2 rings (SSSR count). The fourth-order valence-electron chi connectivity index (χ4n) is 2.19. The van der Waals surface area contributed by atoms with E-state index >= 15 is 0 Å². The van der Waals surface area contributed by atoms with Crippen molar-refractivity contribution in [2.75, 3.05) is 0 Å². The molecule has 1 heterocycles. The van der Waals surface area contributed by atoms with Gasteiger partial charge in [0.15, 0.2) is 0 Å². The van der Waals surface area contributed by atoms with Gasteiger partial charge in [-0.15, -0.1) is 11.3 Å². The number of hydrogen-bond acceptors (Lipinski definition) is 4. The second kappa shape index (κ2) is 7.05. The van der Waals surface area contributed by atoms with E-state index in [1.807, 2.05) is 32.9 Å². The van der Waals surface area contributed by atoms with Crippen LogP contribution < -0.4 is 10.1 Å². The summed E-state index contributed by atoms with van der Waals surface area (Å²) in [5, 5.41) is 6.79. The molecule has 0 aliphatic rings. The van der Waals surface area contributed by atoms with Crippen LogP contribution in [0, 0.1) is 6.92 Å². The van der Waals surface area contributed by atoms with E-state index in [-0.39, 0.29) is 12.1 Å². The Morgan fingerprint density at radius 2 is 1.95 bits per heavy atom. The lowest BCUT2D eigenvalue weighted by molar-refractivity contribution is 0.242. The van der Waals surface area contributed by atoms with Gasteiger partial charge in [0, 0.05) is 17.1 Å². The number of thiazole rings is 1. The van der Waals surface area contributed by atoms with Crippen molar-refractivity contribution in [3.05, 3.63) is 45.9 Å². The summed E-state index contributed by atoms with van der Waals surface area (Å²) in [6.45, 7) is 10.4. The first kappa shape index (κ1) is 16.0. The van der Waals surface area contributed by atoms with Crippen molar-refractivity contribution >= 4 is 11.3 Å². The van der Waals surface area contributed by atoms with Gasteiger partial charge < -0.3 is 10.1 Å². The number of hydrogen-bond donors (Lipinski definition) is 1. The Morgan fingerprint density at radius 1 is 1.19 bits per heavy atom. The predicted molar refractivity (Wildman–Crippen MR) is 89.2 cm³/mol. The highest BCUT2D eigenvalue weighted by molar-refractivity contribution is 7.09. The minimum absolute atomic E-state index is 0.111. The first-order chi connectivity index (χ1) is 9.95. The van der Waals surface area contributed by atoms with Crippen molar-refractivity contribution in [1.82, 2.24) is 10.3 Å². The van der Waals surface area contributed by atoms with Crippen LogP contribution in [0.5, 0.6) is 5.75 Å². The summed E-state index contributed by atoms with van der Waals surface area (Å²) in [4.78, 5) is 4.65. The molecule has 1 aromatic heterocycles. The predicted octanol–water partition coefficient (Wildman–Crippen LogP) is 4.33. The molecule has 21 heavy (non-hydrogen) atoms. The van der Waals surface area contributed by atoms with Crippen LogP contribution in [-0.4, -0.2) is 17.1 Å². The van der Waals surface area contributed by atoms with Crippen molar-refractivity contribution in [3.63, 3.8) is 0 Å². The summed E-state index contributed by atoms with van der Waals surface area (Å²) in [6, 6.07) is 8.78. The maximum Gasteiger partial charge on any atom is 0.120 e. The van der Waals surface area contributed by atoms with Crippen LogP contribution in [0.15, 0.2) is 29.6 Å². The van der Waals surface area contributed by atoms with E-state index in [2.05, 4.69) is 41.7 Å². The first-order valence-corrected chi connectivity index (χ1v) is 8.28. The highest BCUT2D eigenvalue weighted by Gasteiger charge is 2.19. The van der Waals surface area contributed by atoms with Crippen LogP contribution in [0.25, 0.3) is 0 Å². The minimum Gasteiger partial charge on any atom is -0.491 e. The number of nitrogens with zero attached hydrogens (tertiary/aromatic N) is 1. The van der Waals surface area contributed by atoms with E-state index < -0.39 is 0 Å². The van der Waals surface area contributed by atoms with Crippen LogP contribution in [0.2, 0.25) is 0 Å². The number of nitrogens with one attached hydrogen (secondary N) is 1. The topological polar surface area (TPSA) is 34.1 Å². The van der Waals surface area contributed by atoms with Crippen molar-refractivity contribution in [2.45, 2.75) is 52.8 Å². The van der Waals surface area contributed by atoms with Gasteiger partial charge in [-0.25, -0.2) is 4.98 Å². The molecule has 4 heteroatoms. The Balaban J connectivity index is 2.32. The summed E-state index contributed by atoms with van der Waals surface area (Å²) in [5.74, 6) is 0.909. The van der Waals surface area contributed by atoms with Crippen LogP contribution in [0.3, 0.4) is 0 Å². The Bertz CT molecular complexity index is 578. The molecule has 0 radical (unpaired) electrons. The van der Waals surface area contributed by atoms with Crippen LogP contribution in [0.1, 0.15) is 50.0 Å². The number of aryl methyl sites for hydroxylation is 1. The lowest BCUT2D eigenvalue weighted by Crippen LogP contribution is -2.29. The third-order valence-electron chi connectivity index (χ3n) is 2.95. The summed E-state index contributed by atoms with van der Waals surface area (Å²) >= 11 is 1.70. The van der Waals surface area contributed by atoms with E-state index in [1.54, 1.807) is 11.3 Å². The van der Waals surface area contributed by atoms with E-state index in [9.17, 15) is 0 Å². The Hall–Kier alpha value is -1.39. The third-order valence-corrected chi connectivity index (χ3v) is 3.97. The molecule has 0 amide bonds. The van der Waals surface area contributed by atoms with E-state index in [4.69, 9.17) is 4.74 Å². The third kappa shape index (κ3) is 4.55. The molecule has 0 aliphatic carbocycles. The number of benzene rings is 1. The molecular formula is C17H24N2OS. The number of ether oxygens (including phenoxy) is 1. The Morgan fingerprint density at radius 3 is 2.52 bits per heavy atom. The zero-order valence-corrected chi connectivity index (χ0v) is 14.2. The first-order valence-electron chi connectivity index (χ1n) is 7.40. The monoisotopic (exact) mass is 304 g/mol. The van der Waals surface area contributed by atoms with Gasteiger partial charge in [0.05, 0.1) is 12.1 Å². The number of rotatable bonds is 6. The fourth-order valence-corrected chi connectivity index (χ4v) is 3.07. The molecule has 2 aromatic rings. The van der Waals surface area contributed by atoms with Crippen LogP contribution >= 0.6 is 11.3 Å². The maximum absolute atomic E-state index is 5.81. The highest BCUT2D eigenvalue weighted by Crippen LogP contribution is 2.28. The minimum atomic E-state index is 0.111. The van der Waals surface area contributed by atoms with Gasteiger partial charge in [0.1, 0.15) is 10.8 Å². The zero-order chi connectivity index (χ0) is 15.4. The van der Waals surface area contributed by atoms with E-state index in [0.29, 0.717) is 6.04 Å². The molecule has 3 nitrogen and oxygen atoms in total. The van der Waals surface area contributed by atoms with Crippen molar-refractivity contribution in [3.8, 4) is 5.75 Å². The van der Waals surface area contributed by atoms with Gasteiger partial charge >= 0.3 is 0 Å². The normalized spacial score (nSPS) is 12.9. The van der Waals surface area contributed by atoms with Crippen molar-refractivity contribution in [1.29, 1.82) is 0 Å². The molecular weight excluding hydrogens is 280 g/mol. The maximum atomic E-state index is 5.81. The van der Waals surface area contributed by atoms with Crippen molar-refractivity contribution < 1.29 is 4.74 Å². The average molecular weight is 304 g/mol. The molecule has 1 unspecified atom stereocenters. The summed E-state index contributed by atoms with van der Waals surface area (Å²) < 4.78 is 5.81. The largest absolute Gasteiger partial charge is 0.491 e. The Kier molecular flexibility index (Phi) is 5.37. The molecule has 1 aromatic carbocycles. The van der Waals surface area contributed by atoms with Crippen LogP contribution in [-0.2, 0) is 0 Å². The fraction of sp³-hybridized carbons (Fsp3) is 0.471. The summed E-state index contributed by atoms with van der Waals surface area (Å²) in [6.07, 6.45) is 0.180. The number of aromatic nitrogens is 1. The molecule has 0 spiro atoms. The molecule has 0 fully saturated rings. The van der Waals surface area contributed by atoms with Gasteiger partial charge in [-0.05, 0) is 52.3 Å². The van der Waals surface area contributed by atoms with Gasteiger partial charge in [-0.2, -0.15) is 0 Å². The van der Waals surface area contributed by atoms with Crippen LogP contribution in [0.4, 0.5) is 0 Å². The van der Waals surface area contributed by atoms with Gasteiger partial charge in [0.25, 0.3) is 0 Å². The smallest absolute Gasteiger partial charge is 0.120 e. The average Bonchev–Trinajstić information content (AvgIpc) is 2.82. The second-order valence-electron chi connectivity index (χ2n) is 5.82. The standard InChI is InChI=1S/C17H24N2OS/c1-11(2)18-16(17-19-13(5)10-21-17)14-7-6-8-15(9-14)20-12(3)4/h6-12,16,18H,1-5H3.